The van der Waals surface area contributed by atoms with Crippen molar-refractivity contribution in [1.29, 1.82) is 0 Å². The van der Waals surface area contributed by atoms with Crippen LogP contribution in [0.1, 0.15) is 12.8 Å². The first-order valence-corrected chi connectivity index (χ1v) is 9.90. The van der Waals surface area contributed by atoms with Crippen LogP contribution in [0, 0.1) is 5.82 Å². The number of rotatable bonds is 8. The molecule has 0 aliphatic rings. The molecule has 150 valence electrons. The second-order valence-electron chi connectivity index (χ2n) is 6.10. The molecule has 1 amide bonds. The van der Waals surface area contributed by atoms with E-state index in [4.69, 9.17) is 9.15 Å². The van der Waals surface area contributed by atoms with E-state index in [-0.39, 0.29) is 24.1 Å². The van der Waals surface area contributed by atoms with Crippen LogP contribution in [0.5, 0.6) is 0 Å². The maximum Gasteiger partial charge on any atom is 0.319 e. The Labute approximate surface area is 171 Å². The third kappa shape index (κ3) is 6.18. The maximum atomic E-state index is 12.9. The molecule has 0 aliphatic carbocycles. The monoisotopic (exact) mass is 414 g/mol. The number of ether oxygens (including phenoxy) is 1. The Kier molecular flexibility index (Phi) is 7.02. The van der Waals surface area contributed by atoms with Gasteiger partial charge in [-0.1, -0.05) is 30.3 Å². The van der Waals surface area contributed by atoms with Crippen molar-refractivity contribution in [1.82, 2.24) is 4.98 Å². The minimum absolute atomic E-state index is 0.0603. The van der Waals surface area contributed by atoms with Gasteiger partial charge >= 0.3 is 5.97 Å². The zero-order chi connectivity index (χ0) is 20.6. The lowest BCUT2D eigenvalue weighted by Crippen LogP contribution is -2.21. The van der Waals surface area contributed by atoms with Gasteiger partial charge < -0.3 is 14.5 Å². The fourth-order valence-electron chi connectivity index (χ4n) is 2.36. The van der Waals surface area contributed by atoms with Crippen molar-refractivity contribution in [2.45, 2.75) is 18.8 Å². The summed E-state index contributed by atoms with van der Waals surface area (Å²) < 4.78 is 23.7. The highest BCUT2D eigenvalue weighted by molar-refractivity contribution is 8.01. The summed E-state index contributed by atoms with van der Waals surface area (Å²) in [6.07, 6.45) is 1.58. The Morgan fingerprint density at radius 3 is 2.62 bits per heavy atom. The van der Waals surface area contributed by atoms with Gasteiger partial charge in [-0.05, 0) is 31.2 Å². The molecule has 1 atom stereocenters. The number of nitrogens with one attached hydrogen (secondary N) is 1. The van der Waals surface area contributed by atoms with Crippen LogP contribution in [0.25, 0.3) is 11.3 Å². The number of oxazole rings is 1. The quantitative estimate of drug-likeness (QED) is 0.554. The van der Waals surface area contributed by atoms with E-state index in [0.717, 1.165) is 17.3 Å². The molecule has 3 rings (SSSR count). The van der Waals surface area contributed by atoms with Crippen LogP contribution >= 0.6 is 11.8 Å². The number of anilines is 1. The number of hydrogen-bond donors (Lipinski definition) is 1. The van der Waals surface area contributed by atoms with E-state index in [9.17, 15) is 14.0 Å². The number of nitrogens with zero attached hydrogens (tertiary/aromatic N) is 1. The number of halogens is 1. The van der Waals surface area contributed by atoms with Gasteiger partial charge in [0, 0.05) is 11.3 Å². The Bertz CT molecular complexity index is 960. The lowest BCUT2D eigenvalue weighted by molar-refractivity contribution is -0.144. The smallest absolute Gasteiger partial charge is 0.319 e. The summed E-state index contributed by atoms with van der Waals surface area (Å²) in [4.78, 5) is 28.2. The van der Waals surface area contributed by atoms with Gasteiger partial charge in [0.2, 0.25) is 11.8 Å². The summed E-state index contributed by atoms with van der Waals surface area (Å²) in [6, 6.07) is 14.9. The van der Waals surface area contributed by atoms with Crippen molar-refractivity contribution in [3.8, 4) is 11.3 Å². The Hall–Kier alpha value is -3.13. The summed E-state index contributed by atoms with van der Waals surface area (Å²) in [5.41, 5.74) is 1.37. The van der Waals surface area contributed by atoms with Gasteiger partial charge in [0.1, 0.15) is 11.1 Å². The molecule has 1 unspecified atom stereocenters. The molecule has 0 radical (unpaired) electrons. The first-order chi connectivity index (χ1) is 14.0. The highest BCUT2D eigenvalue weighted by atomic mass is 32.2. The van der Waals surface area contributed by atoms with Crippen LogP contribution in [0.2, 0.25) is 0 Å². The van der Waals surface area contributed by atoms with E-state index in [1.54, 1.807) is 13.1 Å². The van der Waals surface area contributed by atoms with Crippen molar-refractivity contribution in [3.63, 3.8) is 0 Å². The van der Waals surface area contributed by atoms with E-state index in [1.807, 2.05) is 30.3 Å². The van der Waals surface area contributed by atoms with Crippen LogP contribution in [-0.2, 0) is 20.9 Å². The second kappa shape index (κ2) is 9.88. The van der Waals surface area contributed by atoms with E-state index < -0.39 is 11.2 Å². The molecular weight excluding hydrogens is 395 g/mol. The summed E-state index contributed by atoms with van der Waals surface area (Å²) in [5, 5.41) is 2.09. The van der Waals surface area contributed by atoms with Crippen LogP contribution in [-0.4, -0.2) is 27.9 Å². The van der Waals surface area contributed by atoms with Crippen LogP contribution in [0.4, 0.5) is 10.1 Å². The second-order valence-corrected chi connectivity index (χ2v) is 7.43. The molecule has 0 spiro atoms. The van der Waals surface area contributed by atoms with Crippen molar-refractivity contribution in [2.24, 2.45) is 0 Å². The number of carbonyl (C=O) groups is 2. The molecule has 0 bridgehead atoms. The summed E-state index contributed by atoms with van der Waals surface area (Å²) in [5.74, 6) is -0.189. The standard InChI is InChI=1S/C21H19FN2O4S/c1-14(29-13-19(25)24-17-9-7-16(22)8-10-17)21(26)27-12-20-23-11-18(28-20)15-5-3-2-4-6-15/h2-11,14H,12-13H2,1H3,(H,24,25). The molecule has 0 aliphatic heterocycles. The molecule has 8 heteroatoms. The third-order valence-corrected chi connectivity index (χ3v) is 5.00. The Balaban J connectivity index is 1.42. The van der Waals surface area contributed by atoms with Crippen molar-refractivity contribution >= 4 is 29.3 Å². The number of carbonyl (C=O) groups excluding carboxylic acids is 2. The molecule has 29 heavy (non-hydrogen) atoms. The molecule has 1 aromatic heterocycles. The number of hydrogen-bond acceptors (Lipinski definition) is 6. The van der Waals surface area contributed by atoms with Crippen molar-refractivity contribution in [2.75, 3.05) is 11.1 Å². The summed E-state index contributed by atoms with van der Waals surface area (Å²) in [6.45, 7) is 1.57. The highest BCUT2D eigenvalue weighted by Crippen LogP contribution is 2.20. The van der Waals surface area contributed by atoms with Gasteiger partial charge in [-0.2, -0.15) is 0 Å². The van der Waals surface area contributed by atoms with Gasteiger partial charge in [-0.3, -0.25) is 9.59 Å². The largest absolute Gasteiger partial charge is 0.455 e. The van der Waals surface area contributed by atoms with Gasteiger partial charge in [0.25, 0.3) is 0 Å². The number of amides is 1. The Morgan fingerprint density at radius 1 is 1.17 bits per heavy atom. The van der Waals surface area contributed by atoms with E-state index in [1.165, 1.54) is 24.3 Å². The predicted molar refractivity (Wildman–Crippen MR) is 109 cm³/mol. The van der Waals surface area contributed by atoms with Gasteiger partial charge in [-0.15, -0.1) is 11.8 Å². The molecular formula is C21H19FN2O4S. The molecule has 2 aromatic carbocycles. The lowest BCUT2D eigenvalue weighted by atomic mass is 10.2. The van der Waals surface area contributed by atoms with E-state index in [0.29, 0.717) is 17.3 Å². The van der Waals surface area contributed by atoms with Crippen molar-refractivity contribution < 1.29 is 23.1 Å². The summed E-state index contributed by atoms with van der Waals surface area (Å²) in [7, 11) is 0. The van der Waals surface area contributed by atoms with Gasteiger partial charge in [0.05, 0.1) is 11.9 Å². The molecule has 0 saturated heterocycles. The molecule has 6 nitrogen and oxygen atoms in total. The molecule has 0 fully saturated rings. The zero-order valence-corrected chi connectivity index (χ0v) is 16.4. The number of benzene rings is 2. The van der Waals surface area contributed by atoms with Gasteiger partial charge in [-0.25, -0.2) is 9.37 Å². The summed E-state index contributed by atoms with van der Waals surface area (Å²) >= 11 is 1.14. The van der Waals surface area contributed by atoms with Crippen molar-refractivity contribution in [3.05, 3.63) is 72.5 Å². The predicted octanol–water partition coefficient (Wildman–Crippen LogP) is 4.28. The van der Waals surface area contributed by atoms with E-state index >= 15 is 0 Å². The number of esters is 1. The van der Waals surface area contributed by atoms with Crippen LogP contribution < -0.4 is 5.32 Å². The first kappa shape index (κ1) is 20.6. The highest BCUT2D eigenvalue weighted by Gasteiger charge is 2.18. The zero-order valence-electron chi connectivity index (χ0n) is 15.6. The van der Waals surface area contributed by atoms with Crippen LogP contribution in [0.3, 0.4) is 0 Å². The topological polar surface area (TPSA) is 81.4 Å². The Morgan fingerprint density at radius 2 is 1.90 bits per heavy atom. The molecule has 1 N–H and O–H groups in total. The minimum atomic E-state index is -0.544. The molecule has 0 saturated carbocycles. The molecule has 1 heterocycles. The lowest BCUT2D eigenvalue weighted by Gasteiger charge is -2.10. The number of thioether (sulfide) groups is 1. The van der Waals surface area contributed by atoms with E-state index in [2.05, 4.69) is 10.3 Å². The normalized spacial score (nSPS) is 11.7. The molecule has 3 aromatic rings. The average molecular weight is 414 g/mol. The first-order valence-electron chi connectivity index (χ1n) is 8.85. The number of aromatic nitrogens is 1. The minimum Gasteiger partial charge on any atom is -0.455 e. The maximum absolute atomic E-state index is 12.9. The van der Waals surface area contributed by atoms with Gasteiger partial charge in [0.15, 0.2) is 12.4 Å². The average Bonchev–Trinajstić information content (AvgIpc) is 3.21. The third-order valence-electron chi connectivity index (χ3n) is 3.87. The van der Waals surface area contributed by atoms with Crippen LogP contribution in [0.15, 0.2) is 65.2 Å². The fraction of sp³-hybridized carbons (Fsp3) is 0.190. The fourth-order valence-corrected chi connectivity index (χ4v) is 3.04. The SMILES string of the molecule is CC(SCC(=O)Nc1ccc(F)cc1)C(=O)OCc1ncc(-c2ccccc2)o1.